The number of carbonyl (C=O) groups excluding carboxylic acids is 1. The highest BCUT2D eigenvalue weighted by Gasteiger charge is 2.31. The number of aryl methyl sites for hydroxylation is 1. The first-order valence-corrected chi connectivity index (χ1v) is 12.1. The largest absolute Gasteiger partial charge is 0.455 e. The van der Waals surface area contributed by atoms with Crippen LogP contribution in [-0.2, 0) is 10.0 Å². The van der Waals surface area contributed by atoms with Crippen LogP contribution in [0.15, 0.2) is 33.6 Å². The summed E-state index contributed by atoms with van der Waals surface area (Å²) < 4.78 is 32.5. The average molecular weight is 452 g/mol. The SMILES string of the molecule is Cc1oc(C(=O)Nc2ccc(N3CCCCC3)c(Cl)c2)cc1S(=O)(=O)N1CCCC1. The summed E-state index contributed by atoms with van der Waals surface area (Å²) >= 11 is 6.45. The van der Waals surface area contributed by atoms with Crippen molar-refractivity contribution in [3.63, 3.8) is 0 Å². The molecule has 30 heavy (non-hydrogen) atoms. The maximum atomic E-state index is 12.8. The van der Waals surface area contributed by atoms with Gasteiger partial charge in [0.25, 0.3) is 5.91 Å². The van der Waals surface area contributed by atoms with Crippen molar-refractivity contribution >= 4 is 38.9 Å². The molecule has 0 atom stereocenters. The minimum absolute atomic E-state index is 0.0403. The Hall–Kier alpha value is -2.03. The van der Waals surface area contributed by atoms with E-state index >= 15 is 0 Å². The number of amides is 1. The third kappa shape index (κ3) is 4.22. The molecule has 0 radical (unpaired) electrons. The van der Waals surface area contributed by atoms with E-state index in [9.17, 15) is 13.2 Å². The molecule has 0 unspecified atom stereocenters. The van der Waals surface area contributed by atoms with Crippen molar-refractivity contribution in [3.8, 4) is 0 Å². The molecule has 2 saturated heterocycles. The first kappa shape index (κ1) is 21.2. The van der Waals surface area contributed by atoms with E-state index < -0.39 is 15.9 Å². The summed E-state index contributed by atoms with van der Waals surface area (Å²) in [7, 11) is -3.65. The quantitative estimate of drug-likeness (QED) is 0.734. The summed E-state index contributed by atoms with van der Waals surface area (Å²) in [4.78, 5) is 15.0. The number of carbonyl (C=O) groups is 1. The molecule has 0 bridgehead atoms. The van der Waals surface area contributed by atoms with E-state index in [4.69, 9.17) is 16.0 Å². The number of nitrogens with zero attached hydrogens (tertiary/aromatic N) is 2. The van der Waals surface area contributed by atoms with Crippen molar-refractivity contribution in [2.24, 2.45) is 0 Å². The number of piperidine rings is 1. The van der Waals surface area contributed by atoms with E-state index in [-0.39, 0.29) is 16.4 Å². The first-order chi connectivity index (χ1) is 14.4. The second kappa shape index (κ2) is 8.61. The molecular weight excluding hydrogens is 426 g/mol. The lowest BCUT2D eigenvalue weighted by molar-refractivity contribution is 0.0995. The van der Waals surface area contributed by atoms with Crippen LogP contribution in [0.5, 0.6) is 0 Å². The Morgan fingerprint density at radius 1 is 1.03 bits per heavy atom. The van der Waals surface area contributed by atoms with Crippen molar-refractivity contribution in [3.05, 3.63) is 40.8 Å². The summed E-state index contributed by atoms with van der Waals surface area (Å²) in [6.07, 6.45) is 5.22. The molecule has 9 heteroatoms. The van der Waals surface area contributed by atoms with Gasteiger partial charge in [0.2, 0.25) is 10.0 Å². The van der Waals surface area contributed by atoms with Gasteiger partial charge in [-0.25, -0.2) is 8.42 Å². The normalized spacial score (nSPS) is 18.0. The van der Waals surface area contributed by atoms with Gasteiger partial charge in [0.15, 0.2) is 5.76 Å². The second-order valence-corrected chi connectivity index (χ2v) is 10.1. The molecule has 2 aromatic rings. The Labute approximate surface area is 182 Å². The lowest BCUT2D eigenvalue weighted by atomic mass is 10.1. The van der Waals surface area contributed by atoms with Gasteiger partial charge in [-0.3, -0.25) is 4.79 Å². The van der Waals surface area contributed by atoms with Gasteiger partial charge < -0.3 is 14.6 Å². The summed E-state index contributed by atoms with van der Waals surface area (Å²) in [5.74, 6) is -0.338. The van der Waals surface area contributed by atoms with E-state index in [1.807, 2.05) is 6.07 Å². The Morgan fingerprint density at radius 2 is 1.70 bits per heavy atom. The molecule has 3 heterocycles. The van der Waals surface area contributed by atoms with Gasteiger partial charge in [0, 0.05) is 37.9 Å². The highest BCUT2D eigenvalue weighted by Crippen LogP contribution is 2.31. The molecular formula is C21H26ClN3O4S. The predicted molar refractivity (Wildman–Crippen MR) is 117 cm³/mol. The zero-order valence-corrected chi connectivity index (χ0v) is 18.6. The number of sulfonamides is 1. The summed E-state index contributed by atoms with van der Waals surface area (Å²) in [6, 6.07) is 6.72. The average Bonchev–Trinajstić information content (AvgIpc) is 3.39. The van der Waals surface area contributed by atoms with Gasteiger partial charge in [0.1, 0.15) is 10.7 Å². The summed E-state index contributed by atoms with van der Waals surface area (Å²) in [6.45, 7) is 4.51. The summed E-state index contributed by atoms with van der Waals surface area (Å²) in [5, 5.41) is 3.32. The Morgan fingerprint density at radius 3 is 2.37 bits per heavy atom. The van der Waals surface area contributed by atoms with Gasteiger partial charge in [-0.05, 0) is 57.2 Å². The Bertz CT molecular complexity index is 1040. The molecule has 2 aliphatic rings. The molecule has 162 valence electrons. The number of halogens is 1. The van der Waals surface area contributed by atoms with Crippen molar-refractivity contribution < 1.29 is 17.6 Å². The highest BCUT2D eigenvalue weighted by molar-refractivity contribution is 7.89. The van der Waals surface area contributed by atoms with Crippen LogP contribution in [0.3, 0.4) is 0 Å². The summed E-state index contributed by atoms with van der Waals surface area (Å²) in [5.41, 5.74) is 1.49. The zero-order valence-electron chi connectivity index (χ0n) is 17.0. The fourth-order valence-electron chi connectivity index (χ4n) is 4.07. The van der Waals surface area contributed by atoms with Gasteiger partial charge in [-0.15, -0.1) is 0 Å². The number of hydrogen-bond acceptors (Lipinski definition) is 5. The van der Waals surface area contributed by atoms with E-state index in [0.29, 0.717) is 23.8 Å². The molecule has 7 nitrogen and oxygen atoms in total. The lowest BCUT2D eigenvalue weighted by Crippen LogP contribution is -2.29. The smallest absolute Gasteiger partial charge is 0.291 e. The predicted octanol–water partition coefficient (Wildman–Crippen LogP) is 4.27. The molecule has 1 aromatic carbocycles. The van der Waals surface area contributed by atoms with Crippen LogP contribution in [0.25, 0.3) is 0 Å². The van der Waals surface area contributed by atoms with Gasteiger partial charge in [-0.1, -0.05) is 11.6 Å². The van der Waals surface area contributed by atoms with Crippen LogP contribution >= 0.6 is 11.6 Å². The second-order valence-electron chi connectivity index (χ2n) is 7.81. The highest BCUT2D eigenvalue weighted by atomic mass is 35.5. The molecule has 4 rings (SSSR count). The molecule has 0 spiro atoms. The molecule has 1 amide bonds. The van der Waals surface area contributed by atoms with E-state index in [1.165, 1.54) is 16.8 Å². The molecule has 0 saturated carbocycles. The van der Waals surface area contributed by atoms with Crippen LogP contribution in [-0.4, -0.2) is 44.8 Å². The zero-order chi connectivity index (χ0) is 21.3. The standard InChI is InChI=1S/C21H26ClN3O4S/c1-15-20(30(27,28)25-11-5-6-12-25)14-19(29-15)21(26)23-16-7-8-18(17(22)13-16)24-9-3-2-4-10-24/h7-8,13-14H,2-6,9-12H2,1H3,(H,23,26). The van der Waals surface area contributed by atoms with Crippen LogP contribution in [0.4, 0.5) is 11.4 Å². The van der Waals surface area contributed by atoms with Crippen LogP contribution < -0.4 is 10.2 Å². The van der Waals surface area contributed by atoms with E-state index in [0.717, 1.165) is 44.5 Å². The fraction of sp³-hybridized carbons (Fsp3) is 0.476. The topological polar surface area (TPSA) is 82.9 Å². The molecule has 1 aromatic heterocycles. The van der Waals surface area contributed by atoms with E-state index in [1.54, 1.807) is 19.1 Å². The third-order valence-corrected chi connectivity index (χ3v) is 7.99. The monoisotopic (exact) mass is 451 g/mol. The van der Waals surface area contributed by atoms with Crippen molar-refractivity contribution in [2.45, 2.75) is 43.9 Å². The van der Waals surface area contributed by atoms with Gasteiger partial charge in [-0.2, -0.15) is 4.31 Å². The molecule has 2 fully saturated rings. The van der Waals surface area contributed by atoms with Crippen LogP contribution in [0.1, 0.15) is 48.4 Å². The minimum atomic E-state index is -3.65. The minimum Gasteiger partial charge on any atom is -0.455 e. The van der Waals surface area contributed by atoms with Crippen molar-refractivity contribution in [1.29, 1.82) is 0 Å². The number of anilines is 2. The number of furan rings is 1. The third-order valence-electron chi connectivity index (χ3n) is 5.68. The van der Waals surface area contributed by atoms with Crippen LogP contribution in [0, 0.1) is 6.92 Å². The van der Waals surface area contributed by atoms with Crippen molar-refractivity contribution in [1.82, 2.24) is 4.31 Å². The van der Waals surface area contributed by atoms with Gasteiger partial charge in [0.05, 0.1) is 10.7 Å². The maximum absolute atomic E-state index is 12.8. The lowest BCUT2D eigenvalue weighted by Gasteiger charge is -2.29. The first-order valence-electron chi connectivity index (χ1n) is 10.3. The molecule has 2 aliphatic heterocycles. The number of benzene rings is 1. The fourth-order valence-corrected chi connectivity index (χ4v) is 6.05. The number of nitrogens with one attached hydrogen (secondary N) is 1. The van der Waals surface area contributed by atoms with Crippen molar-refractivity contribution in [2.75, 3.05) is 36.4 Å². The molecule has 1 N–H and O–H groups in total. The molecule has 0 aliphatic carbocycles. The Kier molecular flexibility index (Phi) is 6.09. The number of rotatable bonds is 5. The van der Waals surface area contributed by atoms with E-state index in [2.05, 4.69) is 10.2 Å². The Balaban J connectivity index is 1.50. The number of hydrogen-bond donors (Lipinski definition) is 1. The maximum Gasteiger partial charge on any atom is 0.291 e. The van der Waals surface area contributed by atoms with Crippen LogP contribution in [0.2, 0.25) is 5.02 Å². The van der Waals surface area contributed by atoms with Gasteiger partial charge >= 0.3 is 0 Å².